The molecule has 0 spiro atoms. The number of anilines is 1. The number of hydrogen-bond acceptors (Lipinski definition) is 5. The number of fused-ring (bicyclic) bond motifs is 5. The van der Waals surface area contributed by atoms with Crippen LogP contribution in [0, 0.1) is 24.3 Å². The van der Waals surface area contributed by atoms with Crippen molar-refractivity contribution in [3.63, 3.8) is 0 Å². The SMILES string of the molecule is [C-]#[N+]c1ccc(N2C(=O)[C@@H]3[C@H](C2=O)[C@]2(C)O[C@@]3(C)C(=O)N(CC3CC3)C2=O)cc1C(F)(F)F. The molecule has 2 bridgehead atoms. The Bertz CT molecular complexity index is 1140. The van der Waals surface area contributed by atoms with E-state index in [1.54, 1.807) is 0 Å². The summed E-state index contributed by atoms with van der Waals surface area (Å²) >= 11 is 0. The molecule has 3 saturated heterocycles. The molecule has 4 aliphatic rings. The molecular formula is C22H18F3N3O5. The zero-order chi connectivity index (χ0) is 24.1. The monoisotopic (exact) mass is 461 g/mol. The van der Waals surface area contributed by atoms with Gasteiger partial charge < -0.3 is 4.74 Å². The molecule has 3 heterocycles. The number of ether oxygens (including phenoxy) is 1. The van der Waals surface area contributed by atoms with Gasteiger partial charge in [-0.3, -0.25) is 24.1 Å². The molecule has 1 saturated carbocycles. The van der Waals surface area contributed by atoms with Crippen molar-refractivity contribution in [2.24, 2.45) is 17.8 Å². The highest BCUT2D eigenvalue weighted by Crippen LogP contribution is 2.57. The lowest BCUT2D eigenvalue weighted by molar-refractivity contribution is -0.198. The van der Waals surface area contributed by atoms with Crippen molar-refractivity contribution in [2.45, 2.75) is 44.1 Å². The lowest BCUT2D eigenvalue weighted by Gasteiger charge is -2.42. The molecule has 1 aromatic carbocycles. The number of halogens is 3. The van der Waals surface area contributed by atoms with E-state index in [2.05, 4.69) is 4.85 Å². The Morgan fingerprint density at radius 2 is 1.61 bits per heavy atom. The Morgan fingerprint density at radius 1 is 1.06 bits per heavy atom. The zero-order valence-corrected chi connectivity index (χ0v) is 17.6. The van der Waals surface area contributed by atoms with E-state index in [0.717, 1.165) is 29.9 Å². The smallest absolute Gasteiger partial charge is 0.348 e. The van der Waals surface area contributed by atoms with Crippen LogP contribution in [-0.4, -0.2) is 46.3 Å². The van der Waals surface area contributed by atoms with Gasteiger partial charge in [0.1, 0.15) is 0 Å². The summed E-state index contributed by atoms with van der Waals surface area (Å²) in [4.78, 5) is 57.8. The second-order valence-corrected chi connectivity index (χ2v) is 9.26. The zero-order valence-electron chi connectivity index (χ0n) is 17.6. The fourth-order valence-corrected chi connectivity index (χ4v) is 5.29. The van der Waals surface area contributed by atoms with E-state index in [9.17, 15) is 32.3 Å². The van der Waals surface area contributed by atoms with Crippen LogP contribution in [0.4, 0.5) is 24.5 Å². The standard InChI is InChI=1S/C22H18F3N3O5/c1-20-14-15(21(2,33-20)19(32)27(18(20)31)9-10-4-5-10)17(30)28(16(14)29)11-6-7-13(26-3)12(8-11)22(23,24)25/h6-8,10,14-15H,4-5,9H2,1-2H3/t14-,15+,20+,21-. The largest absolute Gasteiger partial charge is 0.407 e. The van der Waals surface area contributed by atoms with Gasteiger partial charge in [0.2, 0.25) is 11.8 Å². The Hall–Kier alpha value is -3.26. The molecule has 8 nitrogen and oxygen atoms in total. The van der Waals surface area contributed by atoms with Gasteiger partial charge >= 0.3 is 6.18 Å². The second-order valence-electron chi connectivity index (χ2n) is 9.26. The highest BCUT2D eigenvalue weighted by Gasteiger charge is 2.78. The van der Waals surface area contributed by atoms with E-state index in [1.807, 2.05) is 0 Å². The first-order chi connectivity index (χ1) is 15.3. The maximum atomic E-state index is 13.4. The third-order valence-corrected chi connectivity index (χ3v) is 7.06. The number of hydrogen-bond donors (Lipinski definition) is 0. The molecule has 0 aromatic heterocycles. The molecular weight excluding hydrogens is 443 g/mol. The highest BCUT2D eigenvalue weighted by molar-refractivity contribution is 6.27. The van der Waals surface area contributed by atoms with Crippen LogP contribution in [0.25, 0.3) is 4.85 Å². The predicted molar refractivity (Wildman–Crippen MR) is 105 cm³/mol. The number of benzene rings is 1. The first-order valence-corrected chi connectivity index (χ1v) is 10.4. The van der Waals surface area contributed by atoms with Crippen molar-refractivity contribution in [1.82, 2.24) is 4.90 Å². The number of alkyl halides is 3. The van der Waals surface area contributed by atoms with E-state index in [0.29, 0.717) is 11.0 Å². The Balaban J connectivity index is 1.59. The minimum atomic E-state index is -4.88. The number of carbonyl (C=O) groups excluding carboxylic acids is 4. The summed E-state index contributed by atoms with van der Waals surface area (Å²) in [6.07, 6.45) is -3.15. The fourth-order valence-electron chi connectivity index (χ4n) is 5.29. The molecule has 3 aliphatic heterocycles. The normalized spacial score (nSPS) is 33.6. The van der Waals surface area contributed by atoms with Crippen molar-refractivity contribution in [3.8, 4) is 0 Å². The minimum absolute atomic E-state index is 0.173. The van der Waals surface area contributed by atoms with Gasteiger partial charge in [-0.15, -0.1) is 0 Å². The van der Waals surface area contributed by atoms with Gasteiger partial charge in [-0.25, -0.2) is 9.74 Å². The molecule has 4 amide bonds. The number of imide groups is 2. The van der Waals surface area contributed by atoms with E-state index in [1.165, 1.54) is 13.8 Å². The van der Waals surface area contributed by atoms with Crippen LogP contribution >= 0.6 is 0 Å². The van der Waals surface area contributed by atoms with Crippen LogP contribution in [0.3, 0.4) is 0 Å². The molecule has 0 N–H and O–H groups in total. The van der Waals surface area contributed by atoms with Crippen LogP contribution in [0.5, 0.6) is 0 Å². The number of rotatable bonds is 3. The van der Waals surface area contributed by atoms with Gasteiger partial charge in [0.15, 0.2) is 16.9 Å². The number of likely N-dealkylation sites (tertiary alicyclic amines) is 1. The summed E-state index contributed by atoms with van der Waals surface area (Å²) in [5.74, 6) is -5.79. The van der Waals surface area contributed by atoms with Gasteiger partial charge in [0, 0.05) is 12.2 Å². The van der Waals surface area contributed by atoms with Gasteiger partial charge in [-0.05, 0) is 44.7 Å². The lowest BCUT2D eigenvalue weighted by atomic mass is 9.78. The summed E-state index contributed by atoms with van der Waals surface area (Å²) < 4.78 is 46.1. The Labute approximate surface area is 186 Å². The molecule has 1 aliphatic carbocycles. The van der Waals surface area contributed by atoms with Gasteiger partial charge in [-0.1, -0.05) is 6.07 Å². The Kier molecular flexibility index (Phi) is 4.19. The minimum Gasteiger partial charge on any atom is -0.348 e. The molecule has 0 unspecified atom stereocenters. The molecule has 33 heavy (non-hydrogen) atoms. The third kappa shape index (κ3) is 2.73. The summed E-state index contributed by atoms with van der Waals surface area (Å²) in [6.45, 7) is 9.85. The predicted octanol–water partition coefficient (Wildman–Crippen LogP) is 2.69. The van der Waals surface area contributed by atoms with Crippen molar-refractivity contribution in [3.05, 3.63) is 35.2 Å². The molecule has 4 fully saturated rings. The maximum absolute atomic E-state index is 13.4. The quantitative estimate of drug-likeness (QED) is 0.510. The second kappa shape index (κ2) is 6.41. The van der Waals surface area contributed by atoms with Crippen LogP contribution in [0.15, 0.2) is 18.2 Å². The summed E-state index contributed by atoms with van der Waals surface area (Å²) in [6, 6.07) is 2.52. The summed E-state index contributed by atoms with van der Waals surface area (Å²) in [5.41, 5.74) is -5.94. The van der Waals surface area contributed by atoms with E-state index >= 15 is 0 Å². The van der Waals surface area contributed by atoms with Crippen molar-refractivity contribution >= 4 is 35.0 Å². The van der Waals surface area contributed by atoms with Crippen molar-refractivity contribution < 1.29 is 37.1 Å². The number of morpholine rings is 1. The summed E-state index contributed by atoms with van der Waals surface area (Å²) in [7, 11) is 0. The molecule has 1 aromatic rings. The molecule has 172 valence electrons. The molecule has 5 rings (SSSR count). The first-order valence-electron chi connectivity index (χ1n) is 10.4. The molecule has 4 atom stereocenters. The van der Waals surface area contributed by atoms with Crippen LogP contribution in [-0.2, 0) is 30.1 Å². The first kappa shape index (κ1) is 21.6. The third-order valence-electron chi connectivity index (χ3n) is 7.06. The van der Waals surface area contributed by atoms with Crippen molar-refractivity contribution in [1.29, 1.82) is 0 Å². The Morgan fingerprint density at radius 3 is 2.06 bits per heavy atom. The molecule has 11 heteroatoms. The van der Waals surface area contributed by atoms with Crippen LogP contribution in [0.1, 0.15) is 32.3 Å². The average Bonchev–Trinajstić information content (AvgIpc) is 3.47. The lowest BCUT2D eigenvalue weighted by Crippen LogP contribution is -2.64. The van der Waals surface area contributed by atoms with Crippen LogP contribution < -0.4 is 4.90 Å². The maximum Gasteiger partial charge on any atom is 0.407 e. The van der Waals surface area contributed by atoms with Crippen molar-refractivity contribution in [2.75, 3.05) is 11.4 Å². The van der Waals surface area contributed by atoms with Gasteiger partial charge in [-0.2, -0.15) is 13.2 Å². The highest BCUT2D eigenvalue weighted by atomic mass is 19.4. The number of amides is 4. The van der Waals surface area contributed by atoms with Gasteiger partial charge in [0.25, 0.3) is 11.8 Å². The number of carbonyl (C=O) groups is 4. The molecule has 0 radical (unpaired) electrons. The average molecular weight is 461 g/mol. The van der Waals surface area contributed by atoms with Gasteiger partial charge in [0.05, 0.1) is 24.0 Å². The van der Waals surface area contributed by atoms with E-state index in [4.69, 9.17) is 11.3 Å². The van der Waals surface area contributed by atoms with Crippen LogP contribution in [0.2, 0.25) is 0 Å². The van der Waals surface area contributed by atoms with E-state index < -0.39 is 64.1 Å². The summed E-state index contributed by atoms with van der Waals surface area (Å²) in [5, 5.41) is 0. The number of nitrogens with zero attached hydrogens (tertiary/aromatic N) is 3. The van der Waals surface area contributed by atoms with E-state index in [-0.39, 0.29) is 18.2 Å². The topological polar surface area (TPSA) is 88.3 Å². The fraction of sp³-hybridized carbons (Fsp3) is 0.500.